The summed E-state index contributed by atoms with van der Waals surface area (Å²) in [5.74, 6) is -0.486. The summed E-state index contributed by atoms with van der Waals surface area (Å²) in [6.07, 6.45) is -1.52. The van der Waals surface area contributed by atoms with Crippen LogP contribution in [0.15, 0.2) is 71.8 Å². The van der Waals surface area contributed by atoms with Crippen molar-refractivity contribution in [2.75, 3.05) is 5.32 Å². The molecule has 0 aliphatic carbocycles. The SMILES string of the molecule is Cn1c(-c2cccc(C(F)(F)F)c2)nc2c(C(=O)Nc3ccncc3)cccc2c1=O. The number of alkyl halides is 3. The summed E-state index contributed by atoms with van der Waals surface area (Å²) in [5.41, 5.74) is -0.497. The second-order valence-electron chi connectivity index (χ2n) is 6.77. The number of carbonyl (C=O) groups is 1. The van der Waals surface area contributed by atoms with Crippen LogP contribution in [0.4, 0.5) is 18.9 Å². The molecule has 0 radical (unpaired) electrons. The topological polar surface area (TPSA) is 76.9 Å². The minimum atomic E-state index is -4.54. The van der Waals surface area contributed by atoms with Crippen LogP contribution in [0.5, 0.6) is 0 Å². The lowest BCUT2D eigenvalue weighted by molar-refractivity contribution is -0.137. The van der Waals surface area contributed by atoms with E-state index in [0.29, 0.717) is 5.69 Å². The molecule has 0 aliphatic heterocycles. The van der Waals surface area contributed by atoms with Crippen molar-refractivity contribution in [3.8, 4) is 11.4 Å². The average molecular weight is 424 g/mol. The minimum Gasteiger partial charge on any atom is -0.322 e. The summed E-state index contributed by atoms with van der Waals surface area (Å²) in [4.78, 5) is 34.0. The number of hydrogen-bond acceptors (Lipinski definition) is 4. The van der Waals surface area contributed by atoms with Crippen LogP contribution in [0.3, 0.4) is 0 Å². The lowest BCUT2D eigenvalue weighted by Gasteiger charge is -2.13. The van der Waals surface area contributed by atoms with Gasteiger partial charge in [0.05, 0.1) is 22.0 Å². The normalized spacial score (nSPS) is 11.5. The van der Waals surface area contributed by atoms with Crippen molar-refractivity contribution in [1.82, 2.24) is 14.5 Å². The summed E-state index contributed by atoms with van der Waals surface area (Å²) in [7, 11) is 1.42. The number of fused-ring (bicyclic) bond motifs is 1. The lowest BCUT2D eigenvalue weighted by Crippen LogP contribution is -2.22. The quantitative estimate of drug-likeness (QED) is 0.533. The van der Waals surface area contributed by atoms with Gasteiger partial charge in [0.25, 0.3) is 11.5 Å². The number of nitrogens with zero attached hydrogens (tertiary/aromatic N) is 3. The van der Waals surface area contributed by atoms with Crippen molar-refractivity contribution in [3.63, 3.8) is 0 Å². The molecule has 0 atom stereocenters. The summed E-state index contributed by atoms with van der Waals surface area (Å²) < 4.78 is 40.6. The molecule has 0 unspecified atom stereocenters. The third-order valence-corrected chi connectivity index (χ3v) is 4.74. The van der Waals surface area contributed by atoms with E-state index in [1.165, 1.54) is 48.3 Å². The predicted molar refractivity (Wildman–Crippen MR) is 110 cm³/mol. The summed E-state index contributed by atoms with van der Waals surface area (Å²) in [6, 6.07) is 12.3. The van der Waals surface area contributed by atoms with Crippen LogP contribution < -0.4 is 10.9 Å². The van der Waals surface area contributed by atoms with E-state index in [1.807, 2.05) is 0 Å². The van der Waals surface area contributed by atoms with E-state index >= 15 is 0 Å². The number of pyridine rings is 1. The highest BCUT2D eigenvalue weighted by Gasteiger charge is 2.30. The van der Waals surface area contributed by atoms with Crippen LogP contribution in [0.25, 0.3) is 22.3 Å². The first kappa shape index (κ1) is 20.3. The smallest absolute Gasteiger partial charge is 0.322 e. The van der Waals surface area contributed by atoms with Crippen LogP contribution in [0.1, 0.15) is 15.9 Å². The molecule has 1 amide bonds. The molecule has 4 aromatic rings. The maximum absolute atomic E-state index is 13.1. The number of anilines is 1. The van der Waals surface area contributed by atoms with Gasteiger partial charge in [0.15, 0.2) is 0 Å². The van der Waals surface area contributed by atoms with Gasteiger partial charge >= 0.3 is 6.18 Å². The van der Waals surface area contributed by atoms with Crippen molar-refractivity contribution >= 4 is 22.5 Å². The molecule has 2 aromatic carbocycles. The van der Waals surface area contributed by atoms with Gasteiger partial charge in [-0.05, 0) is 36.4 Å². The Labute approximate surface area is 174 Å². The zero-order valence-corrected chi connectivity index (χ0v) is 16.1. The van der Waals surface area contributed by atoms with Gasteiger partial charge < -0.3 is 5.32 Å². The maximum Gasteiger partial charge on any atom is 0.416 e. The van der Waals surface area contributed by atoms with Crippen molar-refractivity contribution in [2.45, 2.75) is 6.18 Å². The number of carbonyl (C=O) groups excluding carboxylic acids is 1. The largest absolute Gasteiger partial charge is 0.416 e. The van der Waals surface area contributed by atoms with Crippen molar-refractivity contribution < 1.29 is 18.0 Å². The first-order valence-electron chi connectivity index (χ1n) is 9.14. The monoisotopic (exact) mass is 424 g/mol. The van der Waals surface area contributed by atoms with Gasteiger partial charge in [0.1, 0.15) is 5.82 Å². The Bertz CT molecular complexity index is 1350. The predicted octanol–water partition coefficient (Wildman–Crippen LogP) is 4.27. The number of rotatable bonds is 3. The molecule has 0 bridgehead atoms. The van der Waals surface area contributed by atoms with E-state index in [0.717, 1.165) is 12.1 Å². The van der Waals surface area contributed by atoms with Crippen LogP contribution in [-0.4, -0.2) is 20.4 Å². The summed E-state index contributed by atoms with van der Waals surface area (Å²) >= 11 is 0. The Balaban J connectivity index is 1.88. The van der Waals surface area contributed by atoms with E-state index < -0.39 is 23.2 Å². The maximum atomic E-state index is 13.1. The van der Waals surface area contributed by atoms with Crippen molar-refractivity contribution in [2.24, 2.45) is 7.05 Å². The van der Waals surface area contributed by atoms with Gasteiger partial charge in [-0.25, -0.2) is 4.98 Å². The molecule has 0 saturated carbocycles. The number of halogens is 3. The van der Waals surface area contributed by atoms with E-state index in [4.69, 9.17) is 0 Å². The highest BCUT2D eigenvalue weighted by Crippen LogP contribution is 2.32. The number of para-hydroxylation sites is 1. The van der Waals surface area contributed by atoms with Crippen LogP contribution in [0.2, 0.25) is 0 Å². The second kappa shape index (κ2) is 7.67. The first-order chi connectivity index (χ1) is 14.8. The molecule has 31 heavy (non-hydrogen) atoms. The summed E-state index contributed by atoms with van der Waals surface area (Å²) in [5, 5.41) is 2.88. The van der Waals surface area contributed by atoms with E-state index in [2.05, 4.69) is 15.3 Å². The minimum absolute atomic E-state index is 0.0211. The van der Waals surface area contributed by atoms with Crippen molar-refractivity contribution in [3.05, 3.63) is 88.5 Å². The van der Waals surface area contributed by atoms with E-state index in [-0.39, 0.29) is 27.9 Å². The van der Waals surface area contributed by atoms with Crippen LogP contribution in [0, 0.1) is 0 Å². The average Bonchev–Trinajstić information content (AvgIpc) is 2.76. The molecule has 1 N–H and O–H groups in total. The molecule has 0 fully saturated rings. The number of hydrogen-bond donors (Lipinski definition) is 1. The van der Waals surface area contributed by atoms with Crippen LogP contribution in [-0.2, 0) is 13.2 Å². The molecular weight excluding hydrogens is 409 g/mol. The molecule has 156 valence electrons. The molecule has 9 heteroatoms. The zero-order chi connectivity index (χ0) is 22.2. The van der Waals surface area contributed by atoms with Crippen LogP contribution >= 0.6 is 0 Å². The molecule has 0 saturated heterocycles. The Morgan fingerprint density at radius 2 is 1.74 bits per heavy atom. The van der Waals surface area contributed by atoms with Gasteiger partial charge in [-0.2, -0.15) is 13.2 Å². The number of nitrogens with one attached hydrogen (secondary N) is 1. The fourth-order valence-corrected chi connectivity index (χ4v) is 3.20. The molecule has 0 spiro atoms. The molecular formula is C22H15F3N4O2. The Morgan fingerprint density at radius 3 is 2.45 bits per heavy atom. The third kappa shape index (κ3) is 3.89. The fraction of sp³-hybridized carbons (Fsp3) is 0.0909. The standard InChI is InChI=1S/C22H15F3N4O2/c1-29-19(13-4-2-5-14(12-13)22(23,24)25)28-18-16(6-3-7-17(18)21(29)31)20(30)27-15-8-10-26-11-9-15/h2-12H,1H3,(H,26,27,30). The Morgan fingerprint density at radius 1 is 1.03 bits per heavy atom. The Hall–Kier alpha value is -4.01. The van der Waals surface area contributed by atoms with E-state index in [1.54, 1.807) is 18.2 Å². The highest BCUT2D eigenvalue weighted by molar-refractivity contribution is 6.11. The van der Waals surface area contributed by atoms with E-state index in [9.17, 15) is 22.8 Å². The second-order valence-corrected chi connectivity index (χ2v) is 6.77. The number of amides is 1. The molecule has 2 aromatic heterocycles. The highest BCUT2D eigenvalue weighted by atomic mass is 19.4. The number of benzene rings is 2. The molecule has 4 rings (SSSR count). The first-order valence-corrected chi connectivity index (χ1v) is 9.14. The number of aromatic nitrogens is 3. The lowest BCUT2D eigenvalue weighted by atomic mass is 10.1. The van der Waals surface area contributed by atoms with Gasteiger partial charge in [-0.3, -0.25) is 19.1 Å². The third-order valence-electron chi connectivity index (χ3n) is 4.74. The van der Waals surface area contributed by atoms with Crippen molar-refractivity contribution in [1.29, 1.82) is 0 Å². The van der Waals surface area contributed by atoms with Gasteiger partial charge in [-0.15, -0.1) is 0 Å². The van der Waals surface area contributed by atoms with Gasteiger partial charge in [-0.1, -0.05) is 18.2 Å². The summed E-state index contributed by atoms with van der Waals surface area (Å²) in [6.45, 7) is 0. The Kier molecular flexibility index (Phi) is 5.02. The molecule has 6 nitrogen and oxygen atoms in total. The molecule has 0 aliphatic rings. The van der Waals surface area contributed by atoms with Gasteiger partial charge in [0, 0.05) is 30.7 Å². The fourth-order valence-electron chi connectivity index (χ4n) is 3.20. The van der Waals surface area contributed by atoms with Gasteiger partial charge in [0.2, 0.25) is 0 Å². The zero-order valence-electron chi connectivity index (χ0n) is 16.1. The molecule has 2 heterocycles.